The summed E-state index contributed by atoms with van der Waals surface area (Å²) in [6.45, 7) is -1.05. The highest BCUT2D eigenvalue weighted by atomic mass is 19.4. The van der Waals surface area contributed by atoms with E-state index in [9.17, 15) is 32.3 Å². The molecule has 0 aliphatic carbocycles. The van der Waals surface area contributed by atoms with Gasteiger partial charge in [0.05, 0.1) is 6.54 Å². The van der Waals surface area contributed by atoms with Gasteiger partial charge >= 0.3 is 12.1 Å². The Hall–Kier alpha value is -1.93. The highest BCUT2D eigenvalue weighted by Crippen LogP contribution is 2.14. The van der Waals surface area contributed by atoms with Gasteiger partial charge in [-0.25, -0.2) is 4.90 Å². The molecule has 0 spiro atoms. The maximum atomic E-state index is 11.8. The molecular formula is C8H7F3N2O4. The second kappa shape index (κ2) is 4.52. The van der Waals surface area contributed by atoms with Gasteiger partial charge in [0.2, 0.25) is 11.8 Å². The van der Waals surface area contributed by atoms with E-state index in [2.05, 4.69) is 0 Å². The zero-order valence-corrected chi connectivity index (χ0v) is 8.34. The topological polar surface area (TPSA) is 83.6 Å². The predicted octanol–water partition coefficient (Wildman–Crippen LogP) is -0.659. The third kappa shape index (κ3) is 3.02. The summed E-state index contributed by atoms with van der Waals surface area (Å²) in [5.41, 5.74) is 0. The highest BCUT2D eigenvalue weighted by Gasteiger charge is 2.40. The Bertz CT molecular complexity index is 375. The van der Waals surface area contributed by atoms with Crippen molar-refractivity contribution in [1.29, 1.82) is 0 Å². The molecule has 1 aliphatic rings. The van der Waals surface area contributed by atoms with Crippen LogP contribution in [-0.4, -0.2) is 41.2 Å². The molecule has 0 unspecified atom stereocenters. The number of rotatable bonds is 2. The number of hydrogen-bond acceptors (Lipinski definition) is 4. The molecule has 0 atom stereocenters. The van der Waals surface area contributed by atoms with Crippen LogP contribution in [0.15, 0.2) is 0 Å². The Morgan fingerprint density at radius 1 is 1.18 bits per heavy atom. The van der Waals surface area contributed by atoms with Crippen LogP contribution in [0.25, 0.3) is 0 Å². The lowest BCUT2D eigenvalue weighted by molar-refractivity contribution is -0.174. The molecule has 17 heavy (non-hydrogen) atoms. The van der Waals surface area contributed by atoms with E-state index in [1.165, 1.54) is 5.32 Å². The Kier molecular flexibility index (Phi) is 3.49. The number of halogens is 3. The summed E-state index contributed by atoms with van der Waals surface area (Å²) in [7, 11) is 0. The van der Waals surface area contributed by atoms with E-state index in [1.807, 2.05) is 0 Å². The minimum atomic E-state index is -5.11. The average molecular weight is 252 g/mol. The molecular weight excluding hydrogens is 245 g/mol. The number of imide groups is 3. The number of hydrogen-bond donors (Lipinski definition) is 1. The summed E-state index contributed by atoms with van der Waals surface area (Å²) >= 11 is 0. The molecule has 1 aliphatic heterocycles. The molecule has 0 radical (unpaired) electrons. The molecule has 0 bridgehead atoms. The molecule has 6 nitrogen and oxygen atoms in total. The van der Waals surface area contributed by atoms with Crippen LogP contribution >= 0.6 is 0 Å². The van der Waals surface area contributed by atoms with Gasteiger partial charge in [-0.1, -0.05) is 0 Å². The number of amides is 4. The van der Waals surface area contributed by atoms with Gasteiger partial charge in [0, 0.05) is 12.8 Å². The van der Waals surface area contributed by atoms with Gasteiger partial charge in [0.1, 0.15) is 0 Å². The first-order valence-corrected chi connectivity index (χ1v) is 4.47. The van der Waals surface area contributed by atoms with Crippen molar-refractivity contribution in [3.05, 3.63) is 0 Å². The van der Waals surface area contributed by atoms with E-state index in [4.69, 9.17) is 0 Å². The minimum absolute atomic E-state index is 0.155. The summed E-state index contributed by atoms with van der Waals surface area (Å²) in [5, 5.41) is 1.28. The van der Waals surface area contributed by atoms with Gasteiger partial charge in [-0.2, -0.15) is 13.2 Å². The summed E-state index contributed by atoms with van der Waals surface area (Å²) in [6, 6.07) is 0. The lowest BCUT2D eigenvalue weighted by Crippen LogP contribution is -2.46. The third-order valence-electron chi connectivity index (χ3n) is 1.96. The number of nitrogens with one attached hydrogen (secondary N) is 1. The summed E-state index contributed by atoms with van der Waals surface area (Å²) < 4.78 is 35.3. The molecule has 1 heterocycles. The lowest BCUT2D eigenvalue weighted by Gasteiger charge is -2.12. The van der Waals surface area contributed by atoms with Crippen LogP contribution in [0.1, 0.15) is 12.8 Å². The van der Waals surface area contributed by atoms with E-state index >= 15 is 0 Å². The van der Waals surface area contributed by atoms with Gasteiger partial charge in [0.15, 0.2) is 0 Å². The van der Waals surface area contributed by atoms with Gasteiger partial charge in [-0.15, -0.1) is 0 Å². The Morgan fingerprint density at radius 2 is 1.65 bits per heavy atom. The van der Waals surface area contributed by atoms with Gasteiger partial charge in [0.25, 0.3) is 5.91 Å². The smallest absolute Gasteiger partial charge is 0.339 e. The van der Waals surface area contributed by atoms with E-state index in [0.29, 0.717) is 0 Å². The Morgan fingerprint density at radius 3 is 2.06 bits per heavy atom. The van der Waals surface area contributed by atoms with Crippen LogP contribution in [-0.2, 0) is 19.2 Å². The van der Waals surface area contributed by atoms with Crippen LogP contribution < -0.4 is 5.32 Å². The first-order valence-electron chi connectivity index (χ1n) is 4.47. The van der Waals surface area contributed by atoms with Crippen LogP contribution in [0, 0.1) is 0 Å². The van der Waals surface area contributed by atoms with Gasteiger partial charge in [-0.05, 0) is 0 Å². The Balaban J connectivity index is 2.54. The molecule has 0 aromatic heterocycles. The van der Waals surface area contributed by atoms with Crippen molar-refractivity contribution in [2.45, 2.75) is 19.0 Å². The van der Waals surface area contributed by atoms with Crippen LogP contribution in [0.4, 0.5) is 13.2 Å². The number of carbonyl (C=O) groups is 4. The van der Waals surface area contributed by atoms with Crippen molar-refractivity contribution in [1.82, 2.24) is 10.2 Å². The van der Waals surface area contributed by atoms with Crippen molar-refractivity contribution >= 4 is 23.6 Å². The summed E-state index contributed by atoms with van der Waals surface area (Å²) in [6.07, 6.45) is -5.42. The summed E-state index contributed by atoms with van der Waals surface area (Å²) in [5.74, 6) is -5.03. The quantitative estimate of drug-likeness (QED) is 0.661. The molecule has 1 N–H and O–H groups in total. The molecule has 94 valence electrons. The fourth-order valence-corrected chi connectivity index (χ4v) is 1.19. The second-order valence-corrected chi connectivity index (χ2v) is 3.20. The zero-order valence-electron chi connectivity index (χ0n) is 8.34. The standard InChI is InChI=1S/C8H7F3N2O4/c9-8(10,11)7(17)12-3-6(16)13-4(14)1-2-5(13)15/h1-3H2,(H,12,17). The average Bonchev–Trinajstić information content (AvgIpc) is 2.53. The van der Waals surface area contributed by atoms with E-state index in [-0.39, 0.29) is 17.7 Å². The first-order chi connectivity index (χ1) is 7.73. The molecule has 4 amide bonds. The summed E-state index contributed by atoms with van der Waals surface area (Å²) in [4.78, 5) is 43.9. The molecule has 0 aromatic carbocycles. The Labute approximate surface area is 92.7 Å². The van der Waals surface area contributed by atoms with Crippen molar-refractivity contribution in [2.75, 3.05) is 6.54 Å². The number of likely N-dealkylation sites (tertiary alicyclic amines) is 1. The fraction of sp³-hybridized carbons (Fsp3) is 0.500. The van der Waals surface area contributed by atoms with Crippen molar-refractivity contribution in [3.63, 3.8) is 0 Å². The van der Waals surface area contributed by atoms with Gasteiger partial charge in [-0.3, -0.25) is 19.2 Å². The fourth-order valence-electron chi connectivity index (χ4n) is 1.19. The van der Waals surface area contributed by atoms with Crippen LogP contribution in [0.2, 0.25) is 0 Å². The largest absolute Gasteiger partial charge is 0.471 e. The number of nitrogens with zero attached hydrogens (tertiary/aromatic N) is 1. The highest BCUT2D eigenvalue weighted by molar-refractivity contribution is 6.15. The van der Waals surface area contributed by atoms with Crippen LogP contribution in [0.3, 0.4) is 0 Å². The molecule has 1 rings (SSSR count). The van der Waals surface area contributed by atoms with Gasteiger partial charge < -0.3 is 5.32 Å². The normalized spacial score (nSPS) is 16.3. The molecule has 1 saturated heterocycles. The minimum Gasteiger partial charge on any atom is -0.339 e. The van der Waals surface area contributed by atoms with E-state index in [0.717, 1.165) is 0 Å². The van der Waals surface area contributed by atoms with Crippen molar-refractivity contribution in [2.24, 2.45) is 0 Å². The molecule has 9 heteroatoms. The van der Waals surface area contributed by atoms with E-state index < -0.39 is 36.3 Å². The first kappa shape index (κ1) is 13.1. The molecule has 0 aromatic rings. The zero-order chi connectivity index (χ0) is 13.2. The number of carbonyl (C=O) groups excluding carboxylic acids is 4. The third-order valence-corrected chi connectivity index (χ3v) is 1.96. The molecule has 1 fully saturated rings. The maximum absolute atomic E-state index is 11.8. The van der Waals surface area contributed by atoms with Crippen molar-refractivity contribution in [3.8, 4) is 0 Å². The van der Waals surface area contributed by atoms with Crippen molar-refractivity contribution < 1.29 is 32.3 Å². The molecule has 0 saturated carbocycles. The monoisotopic (exact) mass is 252 g/mol. The van der Waals surface area contributed by atoms with E-state index in [1.54, 1.807) is 0 Å². The van der Waals surface area contributed by atoms with Crippen LogP contribution in [0.5, 0.6) is 0 Å². The maximum Gasteiger partial charge on any atom is 0.471 e. The lowest BCUT2D eigenvalue weighted by atomic mass is 10.4. The SMILES string of the molecule is O=C1CCC(=O)N1C(=O)CNC(=O)C(F)(F)F. The second-order valence-electron chi connectivity index (χ2n) is 3.20. The number of alkyl halides is 3. The predicted molar refractivity (Wildman–Crippen MR) is 45.2 cm³/mol.